The zero-order chi connectivity index (χ0) is 14.6. The summed E-state index contributed by atoms with van der Waals surface area (Å²) >= 11 is 0. The summed E-state index contributed by atoms with van der Waals surface area (Å²) in [6.07, 6.45) is 5.88. The molecule has 1 saturated carbocycles. The van der Waals surface area contributed by atoms with Crippen molar-refractivity contribution in [2.45, 2.75) is 38.1 Å². The first-order chi connectivity index (χ1) is 9.41. The van der Waals surface area contributed by atoms with Crippen molar-refractivity contribution in [3.05, 3.63) is 35.4 Å². The van der Waals surface area contributed by atoms with Crippen LogP contribution in [-0.2, 0) is 15.6 Å². The van der Waals surface area contributed by atoms with Gasteiger partial charge in [0.25, 0.3) is 0 Å². The van der Waals surface area contributed by atoms with E-state index in [1.807, 2.05) is 0 Å². The van der Waals surface area contributed by atoms with E-state index in [0.717, 1.165) is 12.8 Å². The maximum atomic E-state index is 11.1. The highest BCUT2D eigenvalue weighted by Crippen LogP contribution is 2.38. The molecule has 112 valence electrons. The molecule has 0 saturated heterocycles. The number of benzene rings is 1. The molecule has 1 aliphatic carbocycles. The number of nitrogens with one attached hydrogen (secondary N) is 2. The largest absolute Gasteiger partial charge is 0.306 e. The summed E-state index contributed by atoms with van der Waals surface area (Å²) in [5.74, 6) is 0. The lowest BCUT2D eigenvalue weighted by Crippen LogP contribution is -2.43. The summed E-state index contributed by atoms with van der Waals surface area (Å²) in [5.41, 5.74) is 2.62. The third-order valence-corrected chi connectivity index (χ3v) is 4.71. The third kappa shape index (κ3) is 4.04. The van der Waals surface area contributed by atoms with Gasteiger partial charge in [-0.2, -0.15) is 0 Å². The molecule has 0 heterocycles. The standard InChI is InChI=1S/C15H24N2O2S/c1-13-6-5-7-14(12-13)15(8-3-4-9-15)16-10-11-17-20(2,18)19/h5-7,12,16-17H,3-4,8-11H2,1-2H3. The molecule has 4 nitrogen and oxygen atoms in total. The van der Waals surface area contributed by atoms with Gasteiger partial charge in [0, 0.05) is 18.6 Å². The van der Waals surface area contributed by atoms with Gasteiger partial charge in [-0.15, -0.1) is 0 Å². The quantitative estimate of drug-likeness (QED) is 0.788. The average Bonchev–Trinajstić information content (AvgIpc) is 2.84. The maximum absolute atomic E-state index is 11.1. The van der Waals surface area contributed by atoms with E-state index in [2.05, 4.69) is 41.2 Å². The number of hydrogen-bond donors (Lipinski definition) is 2. The van der Waals surface area contributed by atoms with Crippen LogP contribution < -0.4 is 10.0 Å². The summed E-state index contributed by atoms with van der Waals surface area (Å²) in [5, 5.41) is 3.58. The van der Waals surface area contributed by atoms with Crippen LogP contribution in [0.25, 0.3) is 0 Å². The van der Waals surface area contributed by atoms with Crippen LogP contribution in [0.4, 0.5) is 0 Å². The first-order valence-corrected chi connectivity index (χ1v) is 9.07. The van der Waals surface area contributed by atoms with E-state index >= 15 is 0 Å². The van der Waals surface area contributed by atoms with E-state index in [4.69, 9.17) is 0 Å². The van der Waals surface area contributed by atoms with Crippen LogP contribution in [0.3, 0.4) is 0 Å². The molecule has 0 amide bonds. The lowest BCUT2D eigenvalue weighted by Gasteiger charge is -2.31. The van der Waals surface area contributed by atoms with Crippen molar-refractivity contribution in [3.8, 4) is 0 Å². The van der Waals surface area contributed by atoms with Gasteiger partial charge in [-0.1, -0.05) is 42.7 Å². The fourth-order valence-electron chi connectivity index (χ4n) is 3.03. The normalized spacial score (nSPS) is 18.3. The zero-order valence-electron chi connectivity index (χ0n) is 12.3. The van der Waals surface area contributed by atoms with Crippen LogP contribution in [0.1, 0.15) is 36.8 Å². The summed E-state index contributed by atoms with van der Waals surface area (Å²) in [6.45, 7) is 3.20. The molecular formula is C15H24N2O2S. The van der Waals surface area contributed by atoms with Crippen molar-refractivity contribution < 1.29 is 8.42 Å². The Hall–Kier alpha value is -0.910. The van der Waals surface area contributed by atoms with Gasteiger partial charge in [-0.05, 0) is 25.3 Å². The molecule has 0 aromatic heterocycles. The van der Waals surface area contributed by atoms with Crippen LogP contribution in [0.15, 0.2) is 24.3 Å². The minimum atomic E-state index is -3.10. The smallest absolute Gasteiger partial charge is 0.208 e. The van der Waals surface area contributed by atoms with Crippen LogP contribution in [0.5, 0.6) is 0 Å². The second-order valence-electron chi connectivity index (χ2n) is 5.75. The van der Waals surface area contributed by atoms with E-state index in [0.29, 0.717) is 13.1 Å². The first-order valence-electron chi connectivity index (χ1n) is 7.18. The molecule has 0 bridgehead atoms. The van der Waals surface area contributed by atoms with E-state index in [1.165, 1.54) is 30.2 Å². The van der Waals surface area contributed by atoms with Crippen LogP contribution in [0.2, 0.25) is 0 Å². The average molecular weight is 296 g/mol. The van der Waals surface area contributed by atoms with E-state index in [9.17, 15) is 8.42 Å². The molecular weight excluding hydrogens is 272 g/mol. The molecule has 20 heavy (non-hydrogen) atoms. The van der Waals surface area contributed by atoms with Crippen molar-refractivity contribution in [1.29, 1.82) is 0 Å². The van der Waals surface area contributed by atoms with E-state index in [1.54, 1.807) is 0 Å². The molecule has 1 fully saturated rings. The van der Waals surface area contributed by atoms with Crippen molar-refractivity contribution in [3.63, 3.8) is 0 Å². The maximum Gasteiger partial charge on any atom is 0.208 e. The van der Waals surface area contributed by atoms with Gasteiger partial charge >= 0.3 is 0 Å². The molecule has 2 rings (SSSR count). The third-order valence-electron chi connectivity index (χ3n) is 3.98. The van der Waals surface area contributed by atoms with Crippen molar-refractivity contribution in [2.75, 3.05) is 19.3 Å². The Morgan fingerprint density at radius 3 is 2.50 bits per heavy atom. The SMILES string of the molecule is Cc1cccc(C2(NCCNS(C)(=O)=O)CCCC2)c1. The zero-order valence-corrected chi connectivity index (χ0v) is 13.1. The van der Waals surface area contributed by atoms with Gasteiger partial charge in [0.1, 0.15) is 0 Å². The van der Waals surface area contributed by atoms with Crippen LogP contribution in [-0.4, -0.2) is 27.8 Å². The summed E-state index contributed by atoms with van der Waals surface area (Å²) in [7, 11) is -3.10. The second-order valence-corrected chi connectivity index (χ2v) is 7.58. The Bertz CT molecular complexity index is 549. The Balaban J connectivity index is 2.03. The van der Waals surface area contributed by atoms with Gasteiger partial charge in [-0.25, -0.2) is 13.1 Å². The van der Waals surface area contributed by atoms with Gasteiger partial charge < -0.3 is 5.32 Å². The summed E-state index contributed by atoms with van der Waals surface area (Å²) in [6, 6.07) is 8.62. The van der Waals surface area contributed by atoms with E-state index < -0.39 is 10.0 Å². The molecule has 1 aromatic rings. The fourth-order valence-corrected chi connectivity index (χ4v) is 3.50. The summed E-state index contributed by atoms with van der Waals surface area (Å²) < 4.78 is 24.7. The Labute approximate surface area is 122 Å². The van der Waals surface area contributed by atoms with Gasteiger partial charge in [-0.3, -0.25) is 0 Å². The van der Waals surface area contributed by atoms with Gasteiger partial charge in [0.05, 0.1) is 6.26 Å². The highest BCUT2D eigenvalue weighted by Gasteiger charge is 2.34. The molecule has 1 aliphatic rings. The molecule has 0 spiro atoms. The number of aryl methyl sites for hydroxylation is 1. The first kappa shape index (κ1) is 15.5. The summed E-state index contributed by atoms with van der Waals surface area (Å²) in [4.78, 5) is 0. The molecule has 0 unspecified atom stereocenters. The number of sulfonamides is 1. The lowest BCUT2D eigenvalue weighted by atomic mass is 9.87. The molecule has 0 radical (unpaired) electrons. The predicted molar refractivity (Wildman–Crippen MR) is 82.2 cm³/mol. The highest BCUT2D eigenvalue weighted by molar-refractivity contribution is 7.88. The Morgan fingerprint density at radius 2 is 1.90 bits per heavy atom. The topological polar surface area (TPSA) is 58.2 Å². The van der Waals surface area contributed by atoms with Gasteiger partial charge in [0.2, 0.25) is 10.0 Å². The highest BCUT2D eigenvalue weighted by atomic mass is 32.2. The van der Waals surface area contributed by atoms with Crippen molar-refractivity contribution in [2.24, 2.45) is 0 Å². The molecule has 0 atom stereocenters. The van der Waals surface area contributed by atoms with Gasteiger partial charge in [0.15, 0.2) is 0 Å². The minimum absolute atomic E-state index is 0.0191. The fraction of sp³-hybridized carbons (Fsp3) is 0.600. The monoisotopic (exact) mass is 296 g/mol. The Kier molecular flexibility index (Phi) is 4.83. The van der Waals surface area contributed by atoms with E-state index in [-0.39, 0.29) is 5.54 Å². The lowest BCUT2D eigenvalue weighted by molar-refractivity contribution is 0.344. The molecule has 2 N–H and O–H groups in total. The molecule has 5 heteroatoms. The predicted octanol–water partition coefficient (Wildman–Crippen LogP) is 1.90. The van der Waals surface area contributed by atoms with Crippen molar-refractivity contribution >= 4 is 10.0 Å². The molecule has 1 aromatic carbocycles. The number of hydrogen-bond acceptors (Lipinski definition) is 3. The Morgan fingerprint density at radius 1 is 1.20 bits per heavy atom. The van der Waals surface area contributed by atoms with Crippen LogP contribution >= 0.6 is 0 Å². The number of rotatable bonds is 6. The van der Waals surface area contributed by atoms with Crippen molar-refractivity contribution in [1.82, 2.24) is 10.0 Å². The van der Waals surface area contributed by atoms with Crippen LogP contribution in [0, 0.1) is 6.92 Å². The molecule has 0 aliphatic heterocycles. The minimum Gasteiger partial charge on any atom is -0.306 e. The second kappa shape index (κ2) is 6.24.